The van der Waals surface area contributed by atoms with Crippen LogP contribution in [0.3, 0.4) is 0 Å². The van der Waals surface area contributed by atoms with Crippen molar-refractivity contribution in [3.05, 3.63) is 35.9 Å². The van der Waals surface area contributed by atoms with Gasteiger partial charge in [-0.1, -0.05) is 30.3 Å². The SMILES string of the molecule is COC(=O)[C@]1(c2ccccc2)C[C@@H]2CCCN[C@@H]2C(=O)N1. The van der Waals surface area contributed by atoms with Gasteiger partial charge in [0, 0.05) is 0 Å². The van der Waals surface area contributed by atoms with E-state index in [1.54, 1.807) is 0 Å². The summed E-state index contributed by atoms with van der Waals surface area (Å²) in [6, 6.07) is 9.18. The van der Waals surface area contributed by atoms with Crippen molar-refractivity contribution >= 4 is 11.9 Å². The largest absolute Gasteiger partial charge is 0.467 e. The lowest BCUT2D eigenvalue weighted by molar-refractivity contribution is -0.156. The van der Waals surface area contributed by atoms with Crippen LogP contribution in [0.5, 0.6) is 0 Å². The molecule has 3 rings (SSSR count). The zero-order valence-electron chi connectivity index (χ0n) is 12.1. The fourth-order valence-electron chi connectivity index (χ4n) is 3.55. The summed E-state index contributed by atoms with van der Waals surface area (Å²) >= 11 is 0. The van der Waals surface area contributed by atoms with E-state index in [4.69, 9.17) is 4.74 Å². The minimum atomic E-state index is -1.06. The molecule has 2 saturated heterocycles. The maximum atomic E-state index is 12.5. The molecule has 0 unspecified atom stereocenters. The monoisotopic (exact) mass is 288 g/mol. The van der Waals surface area contributed by atoms with Gasteiger partial charge in [-0.25, -0.2) is 4.79 Å². The lowest BCUT2D eigenvalue weighted by Crippen LogP contribution is -2.66. The van der Waals surface area contributed by atoms with Gasteiger partial charge in [0.2, 0.25) is 5.91 Å². The number of carbonyl (C=O) groups excluding carboxylic acids is 2. The van der Waals surface area contributed by atoms with Crippen LogP contribution >= 0.6 is 0 Å². The molecule has 3 atom stereocenters. The molecule has 2 aliphatic rings. The van der Waals surface area contributed by atoms with E-state index in [1.165, 1.54) is 7.11 Å². The molecular formula is C16H20N2O3. The van der Waals surface area contributed by atoms with E-state index < -0.39 is 11.5 Å². The van der Waals surface area contributed by atoms with Crippen LogP contribution in [0.2, 0.25) is 0 Å². The second-order valence-corrected chi connectivity index (χ2v) is 5.79. The highest BCUT2D eigenvalue weighted by Gasteiger charge is 2.52. The van der Waals surface area contributed by atoms with Gasteiger partial charge < -0.3 is 15.4 Å². The summed E-state index contributed by atoms with van der Waals surface area (Å²) in [5.41, 5.74) is -0.276. The third kappa shape index (κ3) is 2.31. The number of ether oxygens (including phenoxy) is 1. The quantitative estimate of drug-likeness (QED) is 0.795. The zero-order chi connectivity index (χ0) is 14.9. The second-order valence-electron chi connectivity index (χ2n) is 5.79. The first-order valence-corrected chi connectivity index (χ1v) is 7.37. The summed E-state index contributed by atoms with van der Waals surface area (Å²) in [6.07, 6.45) is 2.56. The van der Waals surface area contributed by atoms with Crippen LogP contribution in [-0.4, -0.2) is 31.6 Å². The molecular weight excluding hydrogens is 268 g/mol. The molecule has 5 heteroatoms. The van der Waals surface area contributed by atoms with Crippen LogP contribution in [0.25, 0.3) is 0 Å². The van der Waals surface area contributed by atoms with Crippen LogP contribution in [0.1, 0.15) is 24.8 Å². The fraction of sp³-hybridized carbons (Fsp3) is 0.500. The van der Waals surface area contributed by atoms with Gasteiger partial charge in [-0.3, -0.25) is 4.79 Å². The summed E-state index contributed by atoms with van der Waals surface area (Å²) in [7, 11) is 1.37. The van der Waals surface area contributed by atoms with Gasteiger partial charge in [0.25, 0.3) is 0 Å². The van der Waals surface area contributed by atoms with Crippen LogP contribution in [-0.2, 0) is 19.9 Å². The number of hydrogen-bond donors (Lipinski definition) is 2. The average Bonchev–Trinajstić information content (AvgIpc) is 2.54. The maximum Gasteiger partial charge on any atom is 0.336 e. The van der Waals surface area contributed by atoms with E-state index >= 15 is 0 Å². The molecule has 0 aromatic heterocycles. The molecule has 0 bridgehead atoms. The van der Waals surface area contributed by atoms with Crippen molar-refractivity contribution in [3.8, 4) is 0 Å². The zero-order valence-corrected chi connectivity index (χ0v) is 12.1. The molecule has 5 nitrogen and oxygen atoms in total. The molecule has 21 heavy (non-hydrogen) atoms. The van der Waals surface area contributed by atoms with Crippen LogP contribution in [0.4, 0.5) is 0 Å². The molecule has 2 N–H and O–H groups in total. The number of nitrogens with one attached hydrogen (secondary N) is 2. The van der Waals surface area contributed by atoms with E-state index in [0.29, 0.717) is 6.42 Å². The summed E-state index contributed by atoms with van der Waals surface area (Å²) in [5, 5.41) is 6.17. The van der Waals surface area contributed by atoms with Gasteiger partial charge in [-0.2, -0.15) is 0 Å². The Kier molecular flexibility index (Phi) is 3.68. The summed E-state index contributed by atoms with van der Waals surface area (Å²) < 4.78 is 5.00. The van der Waals surface area contributed by atoms with Gasteiger partial charge in [-0.15, -0.1) is 0 Å². The van der Waals surface area contributed by atoms with Crippen LogP contribution in [0.15, 0.2) is 30.3 Å². The van der Waals surface area contributed by atoms with Crippen molar-refractivity contribution < 1.29 is 14.3 Å². The Morgan fingerprint density at radius 1 is 1.33 bits per heavy atom. The molecule has 0 saturated carbocycles. The highest BCUT2D eigenvalue weighted by molar-refractivity contribution is 5.93. The Bertz CT molecular complexity index is 546. The number of fused-ring (bicyclic) bond motifs is 1. The van der Waals surface area contributed by atoms with Crippen LogP contribution < -0.4 is 10.6 Å². The summed E-state index contributed by atoms with van der Waals surface area (Å²) in [5.74, 6) is -0.349. The highest BCUT2D eigenvalue weighted by atomic mass is 16.5. The fourth-order valence-corrected chi connectivity index (χ4v) is 3.55. The molecule has 2 fully saturated rings. The third-order valence-electron chi connectivity index (χ3n) is 4.58. The average molecular weight is 288 g/mol. The number of esters is 1. The van der Waals surface area contributed by atoms with Gasteiger partial charge in [0.1, 0.15) is 0 Å². The first-order chi connectivity index (χ1) is 10.2. The maximum absolute atomic E-state index is 12.5. The molecule has 2 aliphatic heterocycles. The van der Waals surface area contributed by atoms with E-state index in [2.05, 4.69) is 10.6 Å². The van der Waals surface area contributed by atoms with E-state index in [9.17, 15) is 9.59 Å². The minimum absolute atomic E-state index is 0.111. The Labute approximate surface area is 124 Å². The van der Waals surface area contributed by atoms with E-state index in [0.717, 1.165) is 24.9 Å². The molecule has 112 valence electrons. The molecule has 2 heterocycles. The molecule has 0 radical (unpaired) electrons. The number of amides is 1. The Balaban J connectivity index is 2.01. The van der Waals surface area contributed by atoms with Crippen molar-refractivity contribution in [2.45, 2.75) is 30.8 Å². The molecule has 1 amide bonds. The number of hydrogen-bond acceptors (Lipinski definition) is 4. The second kappa shape index (κ2) is 5.48. The predicted octanol–water partition coefficient (Wildman–Crippen LogP) is 0.943. The van der Waals surface area contributed by atoms with Crippen molar-refractivity contribution in [1.82, 2.24) is 10.6 Å². The molecule has 0 aliphatic carbocycles. The van der Waals surface area contributed by atoms with Crippen molar-refractivity contribution in [2.24, 2.45) is 5.92 Å². The third-order valence-corrected chi connectivity index (χ3v) is 4.58. The normalized spacial score (nSPS) is 32.0. The molecule has 0 spiro atoms. The number of piperidine rings is 2. The predicted molar refractivity (Wildman–Crippen MR) is 77.4 cm³/mol. The lowest BCUT2D eigenvalue weighted by atomic mass is 9.72. The van der Waals surface area contributed by atoms with Crippen molar-refractivity contribution in [1.29, 1.82) is 0 Å². The van der Waals surface area contributed by atoms with Crippen LogP contribution in [0, 0.1) is 5.92 Å². The summed E-state index contributed by atoms with van der Waals surface area (Å²) in [4.78, 5) is 24.9. The Morgan fingerprint density at radius 3 is 2.81 bits per heavy atom. The number of carbonyl (C=O) groups is 2. The lowest BCUT2D eigenvalue weighted by Gasteiger charge is -2.45. The van der Waals surface area contributed by atoms with E-state index in [1.807, 2.05) is 30.3 Å². The standard InChI is InChI=1S/C16H20N2O3/c1-21-15(20)16(12-7-3-2-4-8-12)10-11-6-5-9-17-13(11)14(19)18-16/h2-4,7-8,11,13,17H,5-6,9-10H2,1H3,(H,18,19)/t11-,13-,16+/m0/s1. The topological polar surface area (TPSA) is 67.4 Å². The van der Waals surface area contributed by atoms with Crippen molar-refractivity contribution in [3.63, 3.8) is 0 Å². The molecule has 1 aromatic carbocycles. The van der Waals surface area contributed by atoms with Gasteiger partial charge in [0.15, 0.2) is 5.54 Å². The Morgan fingerprint density at radius 2 is 2.10 bits per heavy atom. The van der Waals surface area contributed by atoms with Gasteiger partial charge in [0.05, 0.1) is 13.2 Å². The van der Waals surface area contributed by atoms with E-state index in [-0.39, 0.29) is 17.9 Å². The first kappa shape index (κ1) is 14.1. The first-order valence-electron chi connectivity index (χ1n) is 7.37. The van der Waals surface area contributed by atoms with Gasteiger partial charge >= 0.3 is 5.97 Å². The smallest absolute Gasteiger partial charge is 0.336 e. The minimum Gasteiger partial charge on any atom is -0.467 e. The number of methoxy groups -OCH3 is 1. The number of benzene rings is 1. The van der Waals surface area contributed by atoms with Gasteiger partial charge in [-0.05, 0) is 37.3 Å². The Hall–Kier alpha value is -1.88. The summed E-state index contributed by atoms with van der Waals surface area (Å²) in [6.45, 7) is 0.852. The number of rotatable bonds is 2. The van der Waals surface area contributed by atoms with Crippen molar-refractivity contribution in [2.75, 3.05) is 13.7 Å². The highest BCUT2D eigenvalue weighted by Crippen LogP contribution is 2.38. The molecule has 1 aromatic rings.